The molecule has 4 nitrogen and oxygen atoms in total. The van der Waals surface area contributed by atoms with Gasteiger partial charge in [-0.05, 0) is 12.1 Å². The van der Waals surface area contributed by atoms with Crippen molar-refractivity contribution < 1.29 is 4.79 Å². The fourth-order valence-corrected chi connectivity index (χ4v) is 0.942. The van der Waals surface area contributed by atoms with E-state index >= 15 is 0 Å². The zero-order chi connectivity index (χ0) is 8.39. The normalized spacial score (nSPS) is 15.0. The molecule has 58 valence electrons. The molecular weight excluding hydrogens is 154 g/mol. The van der Waals surface area contributed by atoms with Gasteiger partial charge in [-0.25, -0.2) is 0 Å². The van der Waals surface area contributed by atoms with Crippen molar-refractivity contribution in [2.45, 2.75) is 0 Å². The Balaban J connectivity index is 2.40. The van der Waals surface area contributed by atoms with Gasteiger partial charge < -0.3 is 0 Å². The van der Waals surface area contributed by atoms with Gasteiger partial charge in [-0.3, -0.25) is 9.78 Å². The molecule has 0 radical (unpaired) electrons. The van der Waals surface area contributed by atoms with Gasteiger partial charge >= 0.3 is 0 Å². The highest BCUT2D eigenvalue weighted by molar-refractivity contribution is 5.98. The van der Waals surface area contributed by atoms with Gasteiger partial charge in [-0.15, -0.1) is 10.2 Å². The first kappa shape index (κ1) is 6.84. The summed E-state index contributed by atoms with van der Waals surface area (Å²) in [5, 5.41) is 7.06. The number of carbonyl (C=O) groups is 1. The lowest BCUT2D eigenvalue weighted by Gasteiger charge is -1.93. The largest absolute Gasteiger partial charge is 0.290 e. The average Bonchev–Trinajstić information content (AvgIpc) is 2.54. The summed E-state index contributed by atoms with van der Waals surface area (Å²) in [5.41, 5.74) is 1.46. The van der Waals surface area contributed by atoms with Crippen molar-refractivity contribution in [1.82, 2.24) is 4.98 Å². The molecule has 2 rings (SSSR count). The molecule has 0 bridgehead atoms. The van der Waals surface area contributed by atoms with Crippen LogP contribution >= 0.6 is 0 Å². The maximum atomic E-state index is 10.7. The number of aromatic nitrogens is 1. The summed E-state index contributed by atoms with van der Waals surface area (Å²) >= 11 is 0. The lowest BCUT2D eigenvalue weighted by atomic mass is 10.2. The molecule has 0 saturated carbocycles. The summed E-state index contributed by atoms with van der Waals surface area (Å²) in [7, 11) is 0. The van der Waals surface area contributed by atoms with Gasteiger partial charge in [0.2, 0.25) is 0 Å². The minimum atomic E-state index is -0.304. The number of nitrogens with zero attached hydrogens (tertiary/aromatic N) is 3. The second kappa shape index (κ2) is 2.65. The van der Waals surface area contributed by atoms with E-state index in [2.05, 4.69) is 15.2 Å². The van der Waals surface area contributed by atoms with Gasteiger partial charge in [0.1, 0.15) is 0 Å². The number of rotatable bonds is 1. The summed E-state index contributed by atoms with van der Waals surface area (Å²) in [4.78, 5) is 14.5. The van der Waals surface area contributed by atoms with E-state index in [-0.39, 0.29) is 5.91 Å². The highest BCUT2D eigenvalue weighted by Gasteiger charge is 2.08. The van der Waals surface area contributed by atoms with E-state index in [4.69, 9.17) is 0 Å². The predicted octanol–water partition coefficient (Wildman–Crippen LogP) is 1.41. The van der Waals surface area contributed by atoms with Crippen molar-refractivity contribution in [3.63, 3.8) is 0 Å². The summed E-state index contributed by atoms with van der Waals surface area (Å²) in [6.07, 6.45) is 4.69. The van der Waals surface area contributed by atoms with Crippen molar-refractivity contribution in [1.29, 1.82) is 0 Å². The molecule has 1 aromatic rings. The van der Waals surface area contributed by atoms with Gasteiger partial charge in [0.15, 0.2) is 0 Å². The van der Waals surface area contributed by atoms with Gasteiger partial charge in [-0.2, -0.15) is 0 Å². The minimum absolute atomic E-state index is 0.304. The van der Waals surface area contributed by atoms with Gasteiger partial charge in [0.25, 0.3) is 5.91 Å². The Hall–Kier alpha value is -1.84. The molecule has 0 fully saturated rings. The smallest absolute Gasteiger partial charge is 0.266 e. The number of carbonyl (C=O) groups excluding carboxylic acids is 1. The van der Waals surface area contributed by atoms with Crippen molar-refractivity contribution in [3.05, 3.63) is 36.2 Å². The fraction of sp³-hybridized carbons (Fsp3) is 0. The summed E-state index contributed by atoms with van der Waals surface area (Å²) in [6.45, 7) is 0. The zero-order valence-electron chi connectivity index (χ0n) is 6.14. The summed E-state index contributed by atoms with van der Waals surface area (Å²) in [6, 6.07) is 3.56. The second-order valence-electron chi connectivity index (χ2n) is 2.30. The Morgan fingerprint density at radius 3 is 2.42 bits per heavy atom. The molecule has 0 spiro atoms. The maximum Gasteiger partial charge on any atom is 0.290 e. The molecule has 4 heteroatoms. The summed E-state index contributed by atoms with van der Waals surface area (Å²) in [5.74, 6) is -0.304. The minimum Gasteiger partial charge on any atom is -0.266 e. The average molecular weight is 159 g/mol. The van der Waals surface area contributed by atoms with Crippen molar-refractivity contribution >= 4 is 11.6 Å². The molecule has 1 aliphatic heterocycles. The first-order chi connectivity index (χ1) is 5.86. The third-order valence-electron chi connectivity index (χ3n) is 1.49. The molecule has 0 N–H and O–H groups in total. The number of pyridine rings is 1. The van der Waals surface area contributed by atoms with Crippen LogP contribution in [0.25, 0.3) is 5.70 Å². The number of hydrogen-bond donors (Lipinski definition) is 0. The topological polar surface area (TPSA) is 54.7 Å². The highest BCUT2D eigenvalue weighted by atomic mass is 16.1. The first-order valence-corrected chi connectivity index (χ1v) is 3.44. The van der Waals surface area contributed by atoms with Crippen LogP contribution in [0.15, 0.2) is 40.8 Å². The Morgan fingerprint density at radius 2 is 1.83 bits per heavy atom. The Bertz CT molecular complexity index is 367. The standard InChI is InChI=1S/C8H5N3O/c12-8-5-7(10-11-8)6-1-3-9-4-2-6/h1-5H. The molecule has 1 amide bonds. The van der Waals surface area contributed by atoms with E-state index < -0.39 is 0 Å². The molecule has 0 saturated heterocycles. The lowest BCUT2D eigenvalue weighted by Crippen LogP contribution is -1.80. The van der Waals surface area contributed by atoms with Crippen LogP contribution in [0.1, 0.15) is 5.56 Å². The third kappa shape index (κ3) is 1.14. The van der Waals surface area contributed by atoms with Crippen LogP contribution in [0.2, 0.25) is 0 Å². The van der Waals surface area contributed by atoms with Gasteiger partial charge in [0.05, 0.1) is 5.70 Å². The fourth-order valence-electron chi connectivity index (χ4n) is 0.942. The molecule has 0 atom stereocenters. The summed E-state index contributed by atoms with van der Waals surface area (Å²) < 4.78 is 0. The first-order valence-electron chi connectivity index (χ1n) is 3.44. The molecule has 0 aromatic carbocycles. The second-order valence-corrected chi connectivity index (χ2v) is 2.30. The quantitative estimate of drug-likeness (QED) is 0.622. The predicted molar refractivity (Wildman–Crippen MR) is 42.1 cm³/mol. The van der Waals surface area contributed by atoms with Gasteiger partial charge in [0, 0.05) is 24.0 Å². The van der Waals surface area contributed by atoms with Crippen molar-refractivity contribution in [2.24, 2.45) is 10.2 Å². The Labute approximate surface area is 68.7 Å². The van der Waals surface area contributed by atoms with Crippen LogP contribution in [0, 0.1) is 0 Å². The highest BCUT2D eigenvalue weighted by Crippen LogP contribution is 2.19. The molecule has 1 aromatic heterocycles. The molecule has 0 aliphatic carbocycles. The van der Waals surface area contributed by atoms with Crippen LogP contribution in [0.5, 0.6) is 0 Å². The van der Waals surface area contributed by atoms with Crippen LogP contribution in [-0.4, -0.2) is 10.9 Å². The van der Waals surface area contributed by atoms with Crippen LogP contribution in [0.3, 0.4) is 0 Å². The molecule has 1 aliphatic rings. The number of hydrogen-bond acceptors (Lipinski definition) is 3. The molecule has 2 heterocycles. The maximum absolute atomic E-state index is 10.7. The Morgan fingerprint density at radius 1 is 1.08 bits per heavy atom. The SMILES string of the molecule is O=C1C=C(c2ccncc2)N=N1. The van der Waals surface area contributed by atoms with Crippen molar-refractivity contribution in [3.8, 4) is 0 Å². The third-order valence-corrected chi connectivity index (χ3v) is 1.49. The molecule has 0 unspecified atom stereocenters. The van der Waals surface area contributed by atoms with Crippen molar-refractivity contribution in [2.75, 3.05) is 0 Å². The monoisotopic (exact) mass is 159 g/mol. The van der Waals surface area contributed by atoms with E-state index in [1.807, 2.05) is 0 Å². The number of azo groups is 1. The van der Waals surface area contributed by atoms with Crippen LogP contribution in [0.4, 0.5) is 0 Å². The van der Waals surface area contributed by atoms with Crippen LogP contribution < -0.4 is 0 Å². The van der Waals surface area contributed by atoms with E-state index in [1.165, 1.54) is 6.08 Å². The zero-order valence-corrected chi connectivity index (χ0v) is 6.14. The van der Waals surface area contributed by atoms with E-state index in [9.17, 15) is 4.79 Å². The van der Waals surface area contributed by atoms with E-state index in [1.54, 1.807) is 24.5 Å². The van der Waals surface area contributed by atoms with E-state index in [0.29, 0.717) is 5.70 Å². The lowest BCUT2D eigenvalue weighted by molar-refractivity contribution is -0.113. The Kier molecular flexibility index (Phi) is 1.51. The van der Waals surface area contributed by atoms with Crippen LogP contribution in [-0.2, 0) is 4.79 Å². The molecule has 12 heavy (non-hydrogen) atoms. The van der Waals surface area contributed by atoms with E-state index in [0.717, 1.165) is 5.56 Å². The molecular formula is C8H5N3O. The van der Waals surface area contributed by atoms with Gasteiger partial charge in [-0.1, -0.05) is 0 Å². The number of amides is 1.